The van der Waals surface area contributed by atoms with Gasteiger partial charge in [-0.2, -0.15) is 4.98 Å². The Bertz CT molecular complexity index is 845. The second kappa shape index (κ2) is 7.08. The van der Waals surface area contributed by atoms with Crippen molar-refractivity contribution < 1.29 is 9.53 Å². The summed E-state index contributed by atoms with van der Waals surface area (Å²) in [6.07, 6.45) is 3.43. The molecule has 1 aromatic carbocycles. The Hall–Kier alpha value is -2.96. The highest BCUT2D eigenvalue weighted by Gasteiger charge is 2.18. The van der Waals surface area contributed by atoms with Crippen LogP contribution in [0.3, 0.4) is 0 Å². The molecular weight excluding hydrogens is 306 g/mol. The zero-order valence-electron chi connectivity index (χ0n) is 13.5. The number of unbranched alkanes of at least 4 members (excludes halogenated alkanes) is 1. The molecule has 0 saturated heterocycles. The van der Waals surface area contributed by atoms with Crippen molar-refractivity contribution in [3.05, 3.63) is 42.2 Å². The van der Waals surface area contributed by atoms with Crippen molar-refractivity contribution in [2.24, 2.45) is 0 Å². The third-order valence-corrected chi connectivity index (χ3v) is 3.65. The first kappa shape index (κ1) is 15.9. The quantitative estimate of drug-likeness (QED) is 0.700. The van der Waals surface area contributed by atoms with Crippen molar-refractivity contribution >= 4 is 23.0 Å². The van der Waals surface area contributed by atoms with E-state index in [1.807, 2.05) is 37.3 Å². The standard InChI is InChI=1S/C17H19N5O2/c1-2-3-9-13(23)24-17-21-14-15(18)19-11-20-16(14)22(17)10-12-7-5-4-6-8-12/h4-8,11H,2-3,9-10H2,1H3,(H2,18,19,20). The number of hydrogen-bond acceptors (Lipinski definition) is 6. The number of anilines is 1. The number of ether oxygens (including phenoxy) is 1. The molecule has 0 amide bonds. The number of imidazole rings is 1. The topological polar surface area (TPSA) is 95.9 Å². The SMILES string of the molecule is CCCCC(=O)Oc1nc2c(N)ncnc2n1Cc1ccccc1. The van der Waals surface area contributed by atoms with Gasteiger partial charge in [-0.05, 0) is 12.0 Å². The Morgan fingerprint density at radius 1 is 1.25 bits per heavy atom. The van der Waals surface area contributed by atoms with Gasteiger partial charge in [-0.3, -0.25) is 9.36 Å². The number of aromatic nitrogens is 4. The molecule has 0 bridgehead atoms. The van der Waals surface area contributed by atoms with Crippen LogP contribution in [0, 0.1) is 0 Å². The zero-order valence-corrected chi connectivity index (χ0v) is 13.5. The summed E-state index contributed by atoms with van der Waals surface area (Å²) in [5, 5.41) is 0. The average Bonchev–Trinajstić information content (AvgIpc) is 2.93. The molecule has 0 atom stereocenters. The number of nitrogens with zero attached hydrogens (tertiary/aromatic N) is 4. The van der Waals surface area contributed by atoms with Crippen LogP contribution in [0.15, 0.2) is 36.7 Å². The van der Waals surface area contributed by atoms with Gasteiger partial charge in [0, 0.05) is 6.42 Å². The highest BCUT2D eigenvalue weighted by molar-refractivity contribution is 5.83. The van der Waals surface area contributed by atoms with E-state index in [0.29, 0.717) is 24.1 Å². The van der Waals surface area contributed by atoms with E-state index in [4.69, 9.17) is 10.5 Å². The molecule has 7 nitrogen and oxygen atoms in total. The van der Waals surface area contributed by atoms with Crippen LogP contribution in [0.4, 0.5) is 5.82 Å². The highest BCUT2D eigenvalue weighted by Crippen LogP contribution is 2.24. The van der Waals surface area contributed by atoms with Gasteiger partial charge >= 0.3 is 12.0 Å². The van der Waals surface area contributed by atoms with E-state index >= 15 is 0 Å². The van der Waals surface area contributed by atoms with Gasteiger partial charge in [0.2, 0.25) is 0 Å². The number of carbonyl (C=O) groups excluding carboxylic acids is 1. The monoisotopic (exact) mass is 325 g/mol. The minimum absolute atomic E-state index is 0.196. The third kappa shape index (κ3) is 3.34. The van der Waals surface area contributed by atoms with E-state index in [2.05, 4.69) is 15.0 Å². The van der Waals surface area contributed by atoms with E-state index in [9.17, 15) is 4.79 Å². The fourth-order valence-corrected chi connectivity index (χ4v) is 2.39. The number of rotatable bonds is 6. The molecule has 0 unspecified atom stereocenters. The van der Waals surface area contributed by atoms with Gasteiger partial charge in [-0.1, -0.05) is 43.7 Å². The highest BCUT2D eigenvalue weighted by atomic mass is 16.5. The summed E-state index contributed by atoms with van der Waals surface area (Å²) in [5.41, 5.74) is 7.90. The Morgan fingerprint density at radius 3 is 2.79 bits per heavy atom. The lowest BCUT2D eigenvalue weighted by atomic mass is 10.2. The van der Waals surface area contributed by atoms with Crippen LogP contribution < -0.4 is 10.5 Å². The summed E-state index contributed by atoms with van der Waals surface area (Å²) in [5.74, 6) is -0.0503. The third-order valence-electron chi connectivity index (χ3n) is 3.65. The van der Waals surface area contributed by atoms with Gasteiger partial charge in [-0.15, -0.1) is 0 Å². The first-order valence-electron chi connectivity index (χ1n) is 7.90. The maximum Gasteiger partial charge on any atom is 0.313 e. The van der Waals surface area contributed by atoms with Crippen molar-refractivity contribution in [3.63, 3.8) is 0 Å². The molecule has 3 aromatic rings. The lowest BCUT2D eigenvalue weighted by Gasteiger charge is -2.08. The summed E-state index contributed by atoms with van der Waals surface area (Å²) in [6, 6.07) is 10.0. The lowest BCUT2D eigenvalue weighted by Crippen LogP contribution is -2.12. The molecule has 24 heavy (non-hydrogen) atoms. The van der Waals surface area contributed by atoms with Crippen LogP contribution in [-0.2, 0) is 11.3 Å². The van der Waals surface area contributed by atoms with Gasteiger partial charge < -0.3 is 10.5 Å². The van der Waals surface area contributed by atoms with Gasteiger partial charge in [0.15, 0.2) is 17.0 Å². The molecule has 0 aliphatic rings. The number of hydrogen-bond donors (Lipinski definition) is 1. The van der Waals surface area contributed by atoms with Crippen molar-refractivity contribution in [3.8, 4) is 6.01 Å². The minimum Gasteiger partial charge on any atom is -0.392 e. The number of benzene rings is 1. The van der Waals surface area contributed by atoms with Crippen LogP contribution in [0.2, 0.25) is 0 Å². The Labute approximate surface area is 139 Å². The van der Waals surface area contributed by atoms with Gasteiger partial charge in [0.05, 0.1) is 6.54 Å². The molecular formula is C17H19N5O2. The Morgan fingerprint density at radius 2 is 2.04 bits per heavy atom. The molecule has 0 spiro atoms. The van der Waals surface area contributed by atoms with E-state index in [1.165, 1.54) is 6.33 Å². The number of esters is 1. The van der Waals surface area contributed by atoms with Crippen LogP contribution in [-0.4, -0.2) is 25.5 Å². The van der Waals surface area contributed by atoms with Crippen molar-refractivity contribution in [1.82, 2.24) is 19.5 Å². The number of carbonyl (C=O) groups is 1. The maximum absolute atomic E-state index is 12.0. The maximum atomic E-state index is 12.0. The molecule has 124 valence electrons. The van der Waals surface area contributed by atoms with Gasteiger partial charge in [0.1, 0.15) is 6.33 Å². The van der Waals surface area contributed by atoms with E-state index < -0.39 is 0 Å². The zero-order chi connectivity index (χ0) is 16.9. The molecule has 2 N–H and O–H groups in total. The molecule has 2 aromatic heterocycles. The first-order valence-corrected chi connectivity index (χ1v) is 7.90. The van der Waals surface area contributed by atoms with Crippen molar-refractivity contribution in [2.75, 3.05) is 5.73 Å². The Balaban J connectivity index is 1.98. The second-order valence-corrected chi connectivity index (χ2v) is 5.47. The van der Waals surface area contributed by atoms with Crippen LogP contribution in [0.1, 0.15) is 31.7 Å². The number of nitrogen functional groups attached to an aromatic ring is 1. The Kier molecular flexibility index (Phi) is 4.69. The molecule has 3 rings (SSSR count). The summed E-state index contributed by atoms with van der Waals surface area (Å²) < 4.78 is 7.19. The van der Waals surface area contributed by atoms with Crippen LogP contribution >= 0.6 is 0 Å². The normalized spacial score (nSPS) is 10.9. The fraction of sp³-hybridized carbons (Fsp3) is 0.294. The van der Waals surface area contributed by atoms with E-state index in [1.54, 1.807) is 4.57 Å². The predicted octanol–water partition coefficient (Wildman–Crippen LogP) is 2.55. The predicted molar refractivity (Wildman–Crippen MR) is 90.4 cm³/mol. The van der Waals surface area contributed by atoms with E-state index in [-0.39, 0.29) is 17.8 Å². The van der Waals surface area contributed by atoms with Crippen molar-refractivity contribution in [2.45, 2.75) is 32.7 Å². The largest absolute Gasteiger partial charge is 0.392 e. The minimum atomic E-state index is -0.312. The average molecular weight is 325 g/mol. The molecule has 0 aliphatic carbocycles. The first-order chi connectivity index (χ1) is 11.7. The smallest absolute Gasteiger partial charge is 0.313 e. The molecule has 7 heteroatoms. The summed E-state index contributed by atoms with van der Waals surface area (Å²) >= 11 is 0. The molecule has 0 aliphatic heterocycles. The molecule has 0 saturated carbocycles. The van der Waals surface area contributed by atoms with Crippen molar-refractivity contribution in [1.29, 1.82) is 0 Å². The molecule has 2 heterocycles. The van der Waals surface area contributed by atoms with E-state index in [0.717, 1.165) is 18.4 Å². The summed E-state index contributed by atoms with van der Waals surface area (Å²) in [6.45, 7) is 2.50. The summed E-state index contributed by atoms with van der Waals surface area (Å²) in [4.78, 5) is 24.5. The number of nitrogens with two attached hydrogens (primary N) is 1. The van der Waals surface area contributed by atoms with Crippen LogP contribution in [0.25, 0.3) is 11.2 Å². The number of fused-ring (bicyclic) bond motifs is 1. The van der Waals surface area contributed by atoms with Crippen LogP contribution in [0.5, 0.6) is 6.01 Å². The van der Waals surface area contributed by atoms with Gasteiger partial charge in [-0.25, -0.2) is 9.97 Å². The lowest BCUT2D eigenvalue weighted by molar-refractivity contribution is -0.135. The van der Waals surface area contributed by atoms with Gasteiger partial charge in [0.25, 0.3) is 0 Å². The fourth-order valence-electron chi connectivity index (χ4n) is 2.39. The molecule has 0 fully saturated rings. The second-order valence-electron chi connectivity index (χ2n) is 5.47. The molecule has 0 radical (unpaired) electrons. The summed E-state index contributed by atoms with van der Waals surface area (Å²) in [7, 11) is 0.